The van der Waals surface area contributed by atoms with E-state index in [1.54, 1.807) is 33.4 Å². The smallest absolute Gasteiger partial charge is 0.222 e. The standard InChI is InChI=1S/C26H31FN4O5/c1-28-24(32)7-9-35-11-12-36-10-8-31-25-20-16-23(34-3)22(33-2)14-17(20)13-21(25)26(30-31)29-19-6-4-5-18(27)15-19/h4-6,14-16H,7-13H2,1-3H3,(H,28,32)(H,29,30). The third kappa shape index (κ3) is 5.77. The van der Waals surface area contributed by atoms with Gasteiger partial charge in [0.15, 0.2) is 17.3 Å². The van der Waals surface area contributed by atoms with Gasteiger partial charge >= 0.3 is 0 Å². The number of methoxy groups -OCH3 is 2. The van der Waals surface area contributed by atoms with Gasteiger partial charge in [0, 0.05) is 36.7 Å². The second-order valence-corrected chi connectivity index (χ2v) is 8.22. The Hall–Kier alpha value is -3.63. The minimum absolute atomic E-state index is 0.0550. The molecule has 3 aromatic rings. The van der Waals surface area contributed by atoms with E-state index in [1.165, 1.54) is 12.1 Å². The van der Waals surface area contributed by atoms with E-state index in [0.29, 0.717) is 68.8 Å². The number of carbonyl (C=O) groups is 1. The normalized spacial score (nSPS) is 11.7. The molecular formula is C26H31FN4O5. The molecule has 0 fully saturated rings. The first-order valence-corrected chi connectivity index (χ1v) is 11.8. The van der Waals surface area contributed by atoms with Crippen molar-refractivity contribution in [2.45, 2.75) is 19.4 Å². The second kappa shape index (κ2) is 11.9. The molecule has 0 unspecified atom stereocenters. The Kier molecular flexibility index (Phi) is 8.40. The lowest BCUT2D eigenvalue weighted by Gasteiger charge is -2.12. The third-order valence-corrected chi connectivity index (χ3v) is 5.94. The summed E-state index contributed by atoms with van der Waals surface area (Å²) in [6, 6.07) is 10.2. The van der Waals surface area contributed by atoms with Crippen molar-refractivity contribution < 1.29 is 28.1 Å². The summed E-state index contributed by atoms with van der Waals surface area (Å²) in [6.45, 7) is 2.11. The number of hydrogen-bond acceptors (Lipinski definition) is 7. The van der Waals surface area contributed by atoms with Gasteiger partial charge in [0.25, 0.3) is 0 Å². The molecule has 10 heteroatoms. The van der Waals surface area contributed by atoms with Crippen molar-refractivity contribution in [1.29, 1.82) is 0 Å². The van der Waals surface area contributed by atoms with Crippen molar-refractivity contribution in [3.8, 4) is 22.8 Å². The van der Waals surface area contributed by atoms with Gasteiger partial charge in [0.2, 0.25) is 5.91 Å². The topological polar surface area (TPSA) is 95.9 Å². The minimum Gasteiger partial charge on any atom is -0.493 e. The molecule has 0 spiro atoms. The number of fused-ring (bicyclic) bond motifs is 3. The van der Waals surface area contributed by atoms with Gasteiger partial charge in [-0.05, 0) is 35.9 Å². The first-order chi connectivity index (χ1) is 17.5. The van der Waals surface area contributed by atoms with Crippen LogP contribution in [0.4, 0.5) is 15.9 Å². The van der Waals surface area contributed by atoms with Crippen LogP contribution in [0, 0.1) is 5.82 Å². The molecule has 0 aliphatic heterocycles. The number of nitrogens with zero attached hydrogens (tertiary/aromatic N) is 2. The summed E-state index contributed by atoms with van der Waals surface area (Å²) in [5.41, 5.74) is 4.72. The van der Waals surface area contributed by atoms with Crippen LogP contribution in [0.3, 0.4) is 0 Å². The largest absolute Gasteiger partial charge is 0.493 e. The highest BCUT2D eigenvalue weighted by Gasteiger charge is 2.29. The number of aromatic nitrogens is 2. The summed E-state index contributed by atoms with van der Waals surface area (Å²) in [5, 5.41) is 10.6. The molecule has 192 valence electrons. The maximum absolute atomic E-state index is 13.8. The van der Waals surface area contributed by atoms with Crippen LogP contribution in [0.5, 0.6) is 11.5 Å². The summed E-state index contributed by atoms with van der Waals surface area (Å²) in [4.78, 5) is 11.2. The Labute approximate surface area is 209 Å². The Bertz CT molecular complexity index is 1210. The molecule has 0 radical (unpaired) electrons. The van der Waals surface area contributed by atoms with Crippen molar-refractivity contribution >= 4 is 17.4 Å². The molecule has 0 saturated heterocycles. The van der Waals surface area contributed by atoms with E-state index in [0.717, 1.165) is 22.4 Å². The van der Waals surface area contributed by atoms with Crippen molar-refractivity contribution in [2.75, 3.05) is 53.0 Å². The zero-order chi connectivity index (χ0) is 25.5. The monoisotopic (exact) mass is 498 g/mol. The first-order valence-electron chi connectivity index (χ1n) is 11.8. The lowest BCUT2D eigenvalue weighted by Crippen LogP contribution is -2.20. The molecule has 1 heterocycles. The van der Waals surface area contributed by atoms with Gasteiger partial charge < -0.3 is 29.6 Å². The van der Waals surface area contributed by atoms with Crippen LogP contribution in [0.2, 0.25) is 0 Å². The Morgan fingerprint density at radius 2 is 1.81 bits per heavy atom. The molecule has 1 aliphatic rings. The van der Waals surface area contributed by atoms with Gasteiger partial charge in [-0.15, -0.1) is 0 Å². The zero-order valence-corrected chi connectivity index (χ0v) is 20.7. The molecular weight excluding hydrogens is 467 g/mol. The summed E-state index contributed by atoms with van der Waals surface area (Å²) in [6.07, 6.45) is 0.980. The predicted octanol–water partition coefficient (Wildman–Crippen LogP) is 3.52. The Balaban J connectivity index is 1.48. The third-order valence-electron chi connectivity index (χ3n) is 5.94. The van der Waals surface area contributed by atoms with Crippen LogP contribution in [0.1, 0.15) is 17.5 Å². The van der Waals surface area contributed by atoms with Crippen LogP contribution >= 0.6 is 0 Å². The van der Waals surface area contributed by atoms with Crippen molar-refractivity contribution in [3.63, 3.8) is 0 Å². The van der Waals surface area contributed by atoms with Gasteiger partial charge in [-0.2, -0.15) is 5.10 Å². The molecule has 2 aromatic carbocycles. The fourth-order valence-electron chi connectivity index (χ4n) is 4.17. The molecule has 1 aromatic heterocycles. The summed E-state index contributed by atoms with van der Waals surface area (Å²) >= 11 is 0. The highest BCUT2D eigenvalue weighted by Crippen LogP contribution is 2.45. The molecule has 0 bridgehead atoms. The van der Waals surface area contributed by atoms with E-state index >= 15 is 0 Å². The minimum atomic E-state index is -0.320. The Morgan fingerprint density at radius 3 is 2.53 bits per heavy atom. The van der Waals surface area contributed by atoms with Gasteiger partial charge in [0.05, 0.1) is 52.9 Å². The van der Waals surface area contributed by atoms with E-state index in [-0.39, 0.29) is 11.7 Å². The zero-order valence-electron chi connectivity index (χ0n) is 20.7. The predicted molar refractivity (Wildman–Crippen MR) is 134 cm³/mol. The first kappa shape index (κ1) is 25.5. The number of hydrogen-bond donors (Lipinski definition) is 2. The quantitative estimate of drug-likeness (QED) is 0.272. The lowest BCUT2D eigenvalue weighted by molar-refractivity contribution is -0.121. The number of halogens is 1. The molecule has 0 atom stereocenters. The molecule has 1 aliphatic carbocycles. The van der Waals surface area contributed by atoms with Crippen LogP contribution in [0.15, 0.2) is 36.4 Å². The number of carbonyl (C=O) groups excluding carboxylic acids is 1. The maximum atomic E-state index is 13.8. The maximum Gasteiger partial charge on any atom is 0.222 e. The molecule has 4 rings (SSSR count). The number of ether oxygens (including phenoxy) is 4. The fourth-order valence-corrected chi connectivity index (χ4v) is 4.17. The molecule has 0 saturated carbocycles. The van der Waals surface area contributed by atoms with Crippen LogP contribution < -0.4 is 20.1 Å². The number of anilines is 2. The number of benzene rings is 2. The highest BCUT2D eigenvalue weighted by molar-refractivity contribution is 5.82. The average molecular weight is 499 g/mol. The van der Waals surface area contributed by atoms with E-state index in [9.17, 15) is 9.18 Å². The molecule has 1 amide bonds. The molecule has 36 heavy (non-hydrogen) atoms. The molecule has 2 N–H and O–H groups in total. The number of amides is 1. The SMILES string of the molecule is CNC(=O)CCOCCOCCn1nc(Nc2cccc(F)c2)c2c1-c1cc(OC)c(OC)cc1C2. The second-order valence-electron chi connectivity index (χ2n) is 8.22. The van der Waals surface area contributed by atoms with Crippen molar-refractivity contribution in [1.82, 2.24) is 15.1 Å². The van der Waals surface area contributed by atoms with E-state index < -0.39 is 0 Å². The van der Waals surface area contributed by atoms with Gasteiger partial charge in [-0.3, -0.25) is 9.48 Å². The summed E-state index contributed by atoms with van der Waals surface area (Å²) in [7, 11) is 4.82. The van der Waals surface area contributed by atoms with Gasteiger partial charge in [-0.1, -0.05) is 6.07 Å². The van der Waals surface area contributed by atoms with E-state index in [1.807, 2.05) is 16.8 Å². The Morgan fingerprint density at radius 1 is 1.06 bits per heavy atom. The number of rotatable bonds is 13. The summed E-state index contributed by atoms with van der Waals surface area (Å²) < 4.78 is 37.9. The average Bonchev–Trinajstić information content (AvgIpc) is 3.41. The number of nitrogens with one attached hydrogen (secondary N) is 2. The lowest BCUT2D eigenvalue weighted by atomic mass is 10.1. The van der Waals surface area contributed by atoms with Gasteiger partial charge in [-0.25, -0.2) is 4.39 Å². The van der Waals surface area contributed by atoms with Crippen LogP contribution in [-0.2, 0) is 27.2 Å². The van der Waals surface area contributed by atoms with Crippen molar-refractivity contribution in [2.24, 2.45) is 0 Å². The fraction of sp³-hybridized carbons (Fsp3) is 0.385. The van der Waals surface area contributed by atoms with Gasteiger partial charge in [0.1, 0.15) is 5.82 Å². The van der Waals surface area contributed by atoms with E-state index in [4.69, 9.17) is 24.0 Å². The highest BCUT2D eigenvalue weighted by atomic mass is 19.1. The molecule has 9 nitrogen and oxygen atoms in total. The van der Waals surface area contributed by atoms with Crippen LogP contribution in [-0.4, -0.2) is 63.4 Å². The van der Waals surface area contributed by atoms with Crippen LogP contribution in [0.25, 0.3) is 11.3 Å². The van der Waals surface area contributed by atoms with E-state index in [2.05, 4.69) is 10.6 Å². The van der Waals surface area contributed by atoms with Crippen molar-refractivity contribution in [3.05, 3.63) is 53.3 Å². The summed E-state index contributed by atoms with van der Waals surface area (Å²) in [5.74, 6) is 1.60.